The molecule has 0 unspecified atom stereocenters. The lowest BCUT2D eigenvalue weighted by molar-refractivity contribution is 0.342. The van der Waals surface area contributed by atoms with Crippen LogP contribution in [-0.2, 0) is 0 Å². The first-order valence-electron chi connectivity index (χ1n) is 4.03. The van der Waals surface area contributed by atoms with Crippen molar-refractivity contribution in [2.45, 2.75) is 6.92 Å². The summed E-state index contributed by atoms with van der Waals surface area (Å²) in [4.78, 5) is 0. The fraction of sp³-hybridized carbons (Fsp3) is 0.250. The van der Waals surface area contributed by atoms with Crippen LogP contribution in [-0.4, -0.2) is 23.8 Å². The molecule has 0 aromatic heterocycles. The van der Waals surface area contributed by atoms with Crippen LogP contribution in [0.4, 0.5) is 5.69 Å². The molecule has 0 aliphatic carbocycles. The molecular formula is C8H12BNO3. The number of nitrogen functional groups attached to an aromatic ring is 1. The highest BCUT2D eigenvalue weighted by atomic mass is 16.5. The predicted octanol–water partition coefficient (Wildman–Crippen LogP) is -0.653. The van der Waals surface area contributed by atoms with Gasteiger partial charge in [-0.25, -0.2) is 0 Å². The van der Waals surface area contributed by atoms with Crippen LogP contribution >= 0.6 is 0 Å². The molecule has 0 saturated heterocycles. The standard InChI is InChI=1S/C8H12BNO3/c1-2-13-8-4-3-6(9(11)12)5-7(8)10/h3-5,11-12H,2,10H2,1H3. The Kier molecular flexibility index (Phi) is 3.16. The smallest absolute Gasteiger partial charge is 0.488 e. The Hall–Kier alpha value is -1.20. The second-order valence-electron chi connectivity index (χ2n) is 2.60. The Bertz CT molecular complexity index is 291. The van der Waals surface area contributed by atoms with E-state index >= 15 is 0 Å². The summed E-state index contributed by atoms with van der Waals surface area (Å²) in [6, 6.07) is 4.66. The number of ether oxygens (including phenoxy) is 1. The van der Waals surface area contributed by atoms with Gasteiger partial charge in [0.25, 0.3) is 0 Å². The number of anilines is 1. The third kappa shape index (κ3) is 2.37. The molecule has 0 aliphatic rings. The lowest BCUT2D eigenvalue weighted by Crippen LogP contribution is -2.29. The van der Waals surface area contributed by atoms with Gasteiger partial charge < -0.3 is 20.5 Å². The summed E-state index contributed by atoms with van der Waals surface area (Å²) >= 11 is 0. The van der Waals surface area contributed by atoms with Crippen LogP contribution in [0.2, 0.25) is 0 Å². The molecule has 5 heteroatoms. The molecular weight excluding hydrogens is 169 g/mol. The largest absolute Gasteiger partial charge is 0.492 e. The summed E-state index contributed by atoms with van der Waals surface area (Å²) in [5, 5.41) is 17.7. The van der Waals surface area contributed by atoms with E-state index in [-0.39, 0.29) is 0 Å². The summed E-state index contributed by atoms with van der Waals surface area (Å²) in [7, 11) is -1.49. The zero-order valence-corrected chi connectivity index (χ0v) is 7.40. The molecule has 4 nitrogen and oxygen atoms in total. The SMILES string of the molecule is CCOc1ccc(B(O)O)cc1N. The Morgan fingerprint density at radius 2 is 2.15 bits per heavy atom. The van der Waals surface area contributed by atoms with E-state index in [1.54, 1.807) is 12.1 Å². The molecule has 1 rings (SSSR count). The van der Waals surface area contributed by atoms with Gasteiger partial charge in [0.15, 0.2) is 0 Å². The Labute approximate surface area is 77.1 Å². The fourth-order valence-electron chi connectivity index (χ4n) is 1.01. The van der Waals surface area contributed by atoms with Crippen molar-refractivity contribution in [2.75, 3.05) is 12.3 Å². The van der Waals surface area contributed by atoms with Gasteiger partial charge in [-0.2, -0.15) is 0 Å². The van der Waals surface area contributed by atoms with Gasteiger partial charge in [0.1, 0.15) is 5.75 Å². The second kappa shape index (κ2) is 4.16. The molecule has 0 saturated carbocycles. The minimum Gasteiger partial charge on any atom is -0.492 e. The van der Waals surface area contributed by atoms with Gasteiger partial charge in [-0.05, 0) is 24.5 Å². The molecule has 13 heavy (non-hydrogen) atoms. The lowest BCUT2D eigenvalue weighted by atomic mass is 9.80. The van der Waals surface area contributed by atoms with E-state index in [0.717, 1.165) is 0 Å². The molecule has 0 amide bonds. The minimum absolute atomic E-state index is 0.362. The van der Waals surface area contributed by atoms with Gasteiger partial charge >= 0.3 is 7.12 Å². The van der Waals surface area contributed by atoms with Crippen LogP contribution in [0.1, 0.15) is 6.92 Å². The van der Waals surface area contributed by atoms with Crippen LogP contribution < -0.4 is 15.9 Å². The van der Waals surface area contributed by atoms with Crippen LogP contribution in [0, 0.1) is 0 Å². The van der Waals surface area contributed by atoms with Crippen molar-refractivity contribution >= 4 is 18.3 Å². The summed E-state index contributed by atoms with van der Waals surface area (Å²) in [6.07, 6.45) is 0. The van der Waals surface area contributed by atoms with Crippen molar-refractivity contribution < 1.29 is 14.8 Å². The molecule has 1 aromatic carbocycles. The molecule has 0 bridgehead atoms. The Morgan fingerprint density at radius 3 is 2.62 bits per heavy atom. The summed E-state index contributed by atoms with van der Waals surface area (Å²) < 4.78 is 5.18. The van der Waals surface area contributed by atoms with E-state index in [4.69, 9.17) is 20.5 Å². The van der Waals surface area contributed by atoms with E-state index in [0.29, 0.717) is 23.5 Å². The Morgan fingerprint density at radius 1 is 1.46 bits per heavy atom. The van der Waals surface area contributed by atoms with Crippen molar-refractivity contribution in [3.05, 3.63) is 18.2 Å². The first-order chi connectivity index (χ1) is 6.15. The number of nitrogens with two attached hydrogens (primary N) is 1. The predicted molar refractivity (Wildman–Crippen MR) is 51.8 cm³/mol. The molecule has 0 atom stereocenters. The van der Waals surface area contributed by atoms with Crippen molar-refractivity contribution in [3.8, 4) is 5.75 Å². The highest BCUT2D eigenvalue weighted by Gasteiger charge is 2.12. The highest BCUT2D eigenvalue weighted by Crippen LogP contribution is 2.18. The third-order valence-corrected chi connectivity index (χ3v) is 1.63. The van der Waals surface area contributed by atoms with Crippen LogP contribution in [0.5, 0.6) is 5.75 Å². The van der Waals surface area contributed by atoms with Gasteiger partial charge in [-0.3, -0.25) is 0 Å². The maximum absolute atomic E-state index is 8.83. The average molecular weight is 181 g/mol. The first-order valence-corrected chi connectivity index (χ1v) is 4.03. The van der Waals surface area contributed by atoms with E-state index < -0.39 is 7.12 Å². The zero-order valence-electron chi connectivity index (χ0n) is 7.40. The molecule has 1 aromatic rings. The van der Waals surface area contributed by atoms with Crippen molar-refractivity contribution in [3.63, 3.8) is 0 Å². The number of benzene rings is 1. The molecule has 0 radical (unpaired) electrons. The summed E-state index contributed by atoms with van der Waals surface area (Å²) in [6.45, 7) is 2.39. The summed E-state index contributed by atoms with van der Waals surface area (Å²) in [5.41, 5.74) is 6.37. The monoisotopic (exact) mass is 181 g/mol. The van der Waals surface area contributed by atoms with Crippen LogP contribution in [0.3, 0.4) is 0 Å². The molecule has 0 spiro atoms. The topological polar surface area (TPSA) is 75.7 Å². The normalized spacial score (nSPS) is 9.77. The highest BCUT2D eigenvalue weighted by molar-refractivity contribution is 6.58. The zero-order chi connectivity index (χ0) is 9.84. The van der Waals surface area contributed by atoms with Gasteiger partial charge in [0, 0.05) is 0 Å². The minimum atomic E-state index is -1.49. The van der Waals surface area contributed by atoms with Crippen LogP contribution in [0.25, 0.3) is 0 Å². The van der Waals surface area contributed by atoms with Gasteiger partial charge in [0.05, 0.1) is 12.3 Å². The van der Waals surface area contributed by atoms with E-state index in [1.807, 2.05) is 6.92 Å². The third-order valence-electron chi connectivity index (χ3n) is 1.63. The van der Waals surface area contributed by atoms with Crippen molar-refractivity contribution in [1.29, 1.82) is 0 Å². The number of hydrogen-bond acceptors (Lipinski definition) is 4. The molecule has 0 fully saturated rings. The quantitative estimate of drug-likeness (QED) is 0.427. The van der Waals surface area contributed by atoms with Crippen molar-refractivity contribution in [1.82, 2.24) is 0 Å². The average Bonchev–Trinajstić information content (AvgIpc) is 2.08. The van der Waals surface area contributed by atoms with E-state index in [2.05, 4.69) is 0 Å². The van der Waals surface area contributed by atoms with Gasteiger partial charge in [-0.15, -0.1) is 0 Å². The molecule has 4 N–H and O–H groups in total. The van der Waals surface area contributed by atoms with E-state index in [1.165, 1.54) is 6.07 Å². The fourth-order valence-corrected chi connectivity index (χ4v) is 1.01. The maximum Gasteiger partial charge on any atom is 0.488 e. The number of hydrogen-bond donors (Lipinski definition) is 3. The Balaban J connectivity index is 2.92. The van der Waals surface area contributed by atoms with Crippen LogP contribution in [0.15, 0.2) is 18.2 Å². The van der Waals surface area contributed by atoms with Gasteiger partial charge in [0.2, 0.25) is 0 Å². The van der Waals surface area contributed by atoms with Crippen molar-refractivity contribution in [2.24, 2.45) is 0 Å². The second-order valence-corrected chi connectivity index (χ2v) is 2.60. The molecule has 0 heterocycles. The number of rotatable bonds is 3. The molecule has 70 valence electrons. The molecule has 0 aliphatic heterocycles. The van der Waals surface area contributed by atoms with Gasteiger partial charge in [-0.1, -0.05) is 6.07 Å². The maximum atomic E-state index is 8.83. The summed E-state index contributed by atoms with van der Waals surface area (Å²) in [5.74, 6) is 0.562. The van der Waals surface area contributed by atoms with E-state index in [9.17, 15) is 0 Å². The lowest BCUT2D eigenvalue weighted by Gasteiger charge is -2.07. The first kappa shape index (κ1) is 9.89.